The Hall–Kier alpha value is -2.81. The normalized spacial score (nSPS) is 15.4. The Balaban J connectivity index is 1.25. The molecule has 1 aromatic heterocycles. The van der Waals surface area contributed by atoms with Gasteiger partial charge in [-0.3, -0.25) is 0 Å². The van der Waals surface area contributed by atoms with E-state index in [1.807, 2.05) is 18.2 Å². The zero-order chi connectivity index (χ0) is 21.1. The van der Waals surface area contributed by atoms with E-state index in [4.69, 9.17) is 4.98 Å². The molecule has 2 N–H and O–H groups in total. The predicted molar refractivity (Wildman–Crippen MR) is 113 cm³/mol. The molecule has 0 saturated carbocycles. The highest BCUT2D eigenvalue weighted by atomic mass is 32.1. The molecule has 9 heteroatoms. The zero-order valence-corrected chi connectivity index (χ0v) is 16.9. The number of carbonyl (C=O) groups excluding carboxylic acids is 1. The number of benzene rings is 2. The van der Waals surface area contributed by atoms with E-state index in [1.54, 1.807) is 11.3 Å². The van der Waals surface area contributed by atoms with Gasteiger partial charge in [0.15, 0.2) is 5.13 Å². The molecule has 1 saturated heterocycles. The molecular formula is C21H21F3N4OS. The van der Waals surface area contributed by atoms with Gasteiger partial charge in [0, 0.05) is 25.3 Å². The molecule has 0 radical (unpaired) electrons. The number of aromatic nitrogens is 1. The molecular weight excluding hydrogens is 413 g/mol. The van der Waals surface area contributed by atoms with Crippen molar-refractivity contribution in [3.63, 3.8) is 0 Å². The molecule has 158 valence electrons. The van der Waals surface area contributed by atoms with E-state index in [0.717, 1.165) is 48.7 Å². The lowest BCUT2D eigenvalue weighted by atomic mass is 9.97. The molecule has 1 fully saturated rings. The summed E-state index contributed by atoms with van der Waals surface area (Å²) in [4.78, 5) is 19.0. The number of para-hydroxylation sites is 1. The molecule has 2 heterocycles. The van der Waals surface area contributed by atoms with E-state index in [2.05, 4.69) is 21.6 Å². The van der Waals surface area contributed by atoms with Crippen LogP contribution < -0.4 is 15.5 Å². The van der Waals surface area contributed by atoms with E-state index in [0.29, 0.717) is 12.5 Å². The van der Waals surface area contributed by atoms with Crippen LogP contribution in [-0.2, 0) is 6.18 Å². The molecule has 1 aliphatic rings. The molecule has 0 bridgehead atoms. The van der Waals surface area contributed by atoms with Gasteiger partial charge in [0.2, 0.25) is 0 Å². The van der Waals surface area contributed by atoms with E-state index >= 15 is 0 Å². The number of alkyl halides is 3. The maximum absolute atomic E-state index is 12.8. The number of nitrogens with one attached hydrogen (secondary N) is 2. The Kier molecular flexibility index (Phi) is 5.80. The van der Waals surface area contributed by atoms with Gasteiger partial charge in [0.25, 0.3) is 0 Å². The lowest BCUT2D eigenvalue weighted by Gasteiger charge is -2.31. The van der Waals surface area contributed by atoms with Crippen LogP contribution in [0.1, 0.15) is 18.4 Å². The largest absolute Gasteiger partial charge is 0.416 e. The fourth-order valence-corrected chi connectivity index (χ4v) is 4.53. The summed E-state index contributed by atoms with van der Waals surface area (Å²) in [5.41, 5.74) is 0.336. The van der Waals surface area contributed by atoms with Crippen molar-refractivity contribution >= 4 is 38.4 Å². The molecule has 30 heavy (non-hydrogen) atoms. The Morgan fingerprint density at radius 1 is 1.13 bits per heavy atom. The molecule has 5 nitrogen and oxygen atoms in total. The van der Waals surface area contributed by atoms with Gasteiger partial charge in [0.1, 0.15) is 0 Å². The number of urea groups is 1. The van der Waals surface area contributed by atoms with E-state index in [1.165, 1.54) is 16.8 Å². The average Bonchev–Trinajstić information content (AvgIpc) is 3.16. The van der Waals surface area contributed by atoms with Crippen LogP contribution in [-0.4, -0.2) is 30.6 Å². The fraction of sp³-hybridized carbons (Fsp3) is 0.333. The second-order valence-electron chi connectivity index (χ2n) is 7.31. The number of hydrogen-bond acceptors (Lipinski definition) is 4. The number of thiazole rings is 1. The number of anilines is 2. The Morgan fingerprint density at radius 3 is 2.63 bits per heavy atom. The topological polar surface area (TPSA) is 57.3 Å². The minimum atomic E-state index is -4.44. The van der Waals surface area contributed by atoms with Crippen molar-refractivity contribution in [3.8, 4) is 0 Å². The smallest absolute Gasteiger partial charge is 0.348 e. The van der Waals surface area contributed by atoms with Crippen LogP contribution in [0.5, 0.6) is 0 Å². The summed E-state index contributed by atoms with van der Waals surface area (Å²) in [6, 6.07) is 12.2. The third-order valence-corrected chi connectivity index (χ3v) is 6.26. The van der Waals surface area contributed by atoms with Gasteiger partial charge in [-0.05, 0) is 49.1 Å². The number of rotatable bonds is 4. The highest BCUT2D eigenvalue weighted by Crippen LogP contribution is 2.32. The van der Waals surface area contributed by atoms with Crippen molar-refractivity contribution in [2.75, 3.05) is 29.9 Å². The third kappa shape index (κ3) is 4.84. The Labute approximate surface area is 175 Å². The van der Waals surface area contributed by atoms with Gasteiger partial charge in [-0.25, -0.2) is 9.78 Å². The highest BCUT2D eigenvalue weighted by molar-refractivity contribution is 7.22. The SMILES string of the molecule is O=C(NCC1CCN(c2nc3ccccc3s2)CC1)Nc1cccc(C(F)(F)F)c1. The van der Waals surface area contributed by atoms with Crippen LogP contribution in [0.4, 0.5) is 28.8 Å². The lowest BCUT2D eigenvalue weighted by Crippen LogP contribution is -2.39. The van der Waals surface area contributed by atoms with Gasteiger partial charge in [-0.2, -0.15) is 13.2 Å². The first-order valence-electron chi connectivity index (χ1n) is 9.71. The zero-order valence-electron chi connectivity index (χ0n) is 16.1. The minimum Gasteiger partial charge on any atom is -0.348 e. The summed E-state index contributed by atoms with van der Waals surface area (Å²) in [5, 5.41) is 6.27. The van der Waals surface area contributed by atoms with E-state index in [9.17, 15) is 18.0 Å². The van der Waals surface area contributed by atoms with Gasteiger partial charge in [-0.15, -0.1) is 0 Å². The summed E-state index contributed by atoms with van der Waals surface area (Å²) < 4.78 is 39.5. The number of amides is 2. The van der Waals surface area contributed by atoms with Gasteiger partial charge in [-0.1, -0.05) is 29.5 Å². The maximum Gasteiger partial charge on any atom is 0.416 e. The molecule has 2 amide bonds. The summed E-state index contributed by atoms with van der Waals surface area (Å²) in [6.07, 6.45) is -2.61. The number of hydrogen-bond donors (Lipinski definition) is 2. The predicted octanol–water partition coefficient (Wildman–Crippen LogP) is 5.35. The summed E-state index contributed by atoms with van der Waals surface area (Å²) >= 11 is 1.68. The van der Waals surface area contributed by atoms with Crippen molar-refractivity contribution in [2.45, 2.75) is 19.0 Å². The van der Waals surface area contributed by atoms with E-state index in [-0.39, 0.29) is 5.69 Å². The second kappa shape index (κ2) is 8.51. The monoisotopic (exact) mass is 434 g/mol. The van der Waals surface area contributed by atoms with Crippen molar-refractivity contribution < 1.29 is 18.0 Å². The lowest BCUT2D eigenvalue weighted by molar-refractivity contribution is -0.137. The van der Waals surface area contributed by atoms with Gasteiger partial charge >= 0.3 is 12.2 Å². The quantitative estimate of drug-likeness (QED) is 0.582. The first-order chi connectivity index (χ1) is 14.4. The summed E-state index contributed by atoms with van der Waals surface area (Å²) in [5.74, 6) is 0.322. The average molecular weight is 434 g/mol. The van der Waals surface area contributed by atoms with Crippen LogP contribution in [0.15, 0.2) is 48.5 Å². The fourth-order valence-electron chi connectivity index (χ4n) is 3.51. The van der Waals surface area contributed by atoms with Gasteiger partial charge < -0.3 is 15.5 Å². The highest BCUT2D eigenvalue weighted by Gasteiger charge is 2.30. The maximum atomic E-state index is 12.8. The van der Waals surface area contributed by atoms with Crippen LogP contribution in [0.2, 0.25) is 0 Å². The number of carbonyl (C=O) groups is 1. The van der Waals surface area contributed by atoms with Crippen molar-refractivity contribution in [2.24, 2.45) is 5.92 Å². The standard InChI is InChI=1S/C21H21F3N4OS/c22-21(23,24)15-4-3-5-16(12-15)26-19(29)25-13-14-8-10-28(11-9-14)20-27-17-6-1-2-7-18(17)30-20/h1-7,12,14H,8-11,13H2,(H2,25,26,29). The molecule has 1 aliphatic heterocycles. The molecule has 2 aromatic carbocycles. The number of fused-ring (bicyclic) bond motifs is 1. The second-order valence-corrected chi connectivity index (χ2v) is 8.32. The Bertz CT molecular complexity index is 995. The molecule has 0 atom stereocenters. The molecule has 0 aliphatic carbocycles. The Morgan fingerprint density at radius 2 is 1.90 bits per heavy atom. The van der Waals surface area contributed by atoms with Crippen molar-refractivity contribution in [1.29, 1.82) is 0 Å². The minimum absolute atomic E-state index is 0.119. The summed E-state index contributed by atoms with van der Waals surface area (Å²) in [6.45, 7) is 2.21. The van der Waals surface area contributed by atoms with Crippen LogP contribution in [0.25, 0.3) is 10.2 Å². The molecule has 3 aromatic rings. The van der Waals surface area contributed by atoms with Crippen LogP contribution in [0.3, 0.4) is 0 Å². The first kappa shape index (κ1) is 20.5. The molecule has 4 rings (SSSR count). The molecule has 0 unspecified atom stereocenters. The summed E-state index contributed by atoms with van der Waals surface area (Å²) in [7, 11) is 0. The first-order valence-corrected chi connectivity index (χ1v) is 10.5. The van der Waals surface area contributed by atoms with E-state index < -0.39 is 17.8 Å². The molecule has 0 spiro atoms. The number of nitrogens with zero attached hydrogens (tertiary/aromatic N) is 2. The van der Waals surface area contributed by atoms with Crippen molar-refractivity contribution in [1.82, 2.24) is 10.3 Å². The van der Waals surface area contributed by atoms with Gasteiger partial charge in [0.05, 0.1) is 15.8 Å². The number of piperidine rings is 1. The van der Waals surface area contributed by atoms with Crippen LogP contribution >= 0.6 is 11.3 Å². The third-order valence-electron chi connectivity index (χ3n) is 5.17. The van der Waals surface area contributed by atoms with Crippen molar-refractivity contribution in [3.05, 3.63) is 54.1 Å². The number of halogens is 3. The van der Waals surface area contributed by atoms with Crippen LogP contribution in [0, 0.1) is 5.92 Å².